The van der Waals surface area contributed by atoms with Crippen molar-refractivity contribution in [2.75, 3.05) is 0 Å². The molecule has 0 fully saturated rings. The first-order chi connectivity index (χ1) is 7.18. The lowest BCUT2D eigenvalue weighted by Gasteiger charge is -1.98. The lowest BCUT2D eigenvalue weighted by atomic mass is 10.1. The van der Waals surface area contributed by atoms with E-state index >= 15 is 0 Å². The SMILES string of the molecule is Cc1ccoc1C(=O)c1ccc(Cl)cc1. The van der Waals surface area contributed by atoms with E-state index in [0.717, 1.165) is 5.56 Å². The monoisotopic (exact) mass is 220 g/mol. The van der Waals surface area contributed by atoms with Gasteiger partial charge in [0.15, 0.2) is 5.76 Å². The molecule has 0 amide bonds. The number of aryl methyl sites for hydroxylation is 1. The first kappa shape index (κ1) is 9.99. The highest BCUT2D eigenvalue weighted by Gasteiger charge is 2.14. The quantitative estimate of drug-likeness (QED) is 0.726. The molecule has 0 spiro atoms. The number of hydrogen-bond donors (Lipinski definition) is 0. The predicted octanol–water partition coefficient (Wildman–Crippen LogP) is 3.47. The molecule has 0 saturated heterocycles. The Morgan fingerprint density at radius 1 is 1.20 bits per heavy atom. The van der Waals surface area contributed by atoms with Crippen LogP contribution in [0.3, 0.4) is 0 Å². The molecule has 0 unspecified atom stereocenters. The minimum atomic E-state index is -0.117. The second-order valence-corrected chi connectivity index (χ2v) is 3.71. The van der Waals surface area contributed by atoms with Crippen LogP contribution in [0.1, 0.15) is 21.7 Å². The molecule has 0 aliphatic heterocycles. The number of carbonyl (C=O) groups excluding carboxylic acids is 1. The summed E-state index contributed by atoms with van der Waals surface area (Å²) in [5.41, 5.74) is 1.42. The smallest absolute Gasteiger partial charge is 0.228 e. The molecule has 0 saturated carbocycles. The number of ketones is 1. The summed E-state index contributed by atoms with van der Waals surface area (Å²) in [5, 5.41) is 0.614. The first-order valence-electron chi connectivity index (χ1n) is 4.53. The molecule has 0 radical (unpaired) electrons. The third-order valence-corrected chi connectivity index (χ3v) is 2.43. The van der Waals surface area contributed by atoms with E-state index in [1.54, 1.807) is 30.3 Å². The van der Waals surface area contributed by atoms with E-state index in [9.17, 15) is 4.79 Å². The average molecular weight is 221 g/mol. The largest absolute Gasteiger partial charge is 0.461 e. The van der Waals surface area contributed by atoms with Crippen LogP contribution in [0.2, 0.25) is 5.02 Å². The van der Waals surface area contributed by atoms with Gasteiger partial charge in [0.2, 0.25) is 5.78 Å². The van der Waals surface area contributed by atoms with Gasteiger partial charge in [0.25, 0.3) is 0 Å². The molecular formula is C12H9ClO2. The normalized spacial score (nSPS) is 10.3. The van der Waals surface area contributed by atoms with Crippen LogP contribution >= 0.6 is 11.6 Å². The van der Waals surface area contributed by atoms with Crippen molar-refractivity contribution >= 4 is 17.4 Å². The van der Waals surface area contributed by atoms with E-state index in [4.69, 9.17) is 16.0 Å². The molecule has 0 aliphatic carbocycles. The number of benzene rings is 1. The Morgan fingerprint density at radius 2 is 1.87 bits per heavy atom. The topological polar surface area (TPSA) is 30.2 Å². The zero-order valence-electron chi connectivity index (χ0n) is 8.16. The van der Waals surface area contributed by atoms with Crippen molar-refractivity contribution in [1.82, 2.24) is 0 Å². The van der Waals surface area contributed by atoms with E-state index < -0.39 is 0 Å². The molecule has 1 aromatic carbocycles. The Hall–Kier alpha value is -1.54. The number of furan rings is 1. The number of rotatable bonds is 2. The second-order valence-electron chi connectivity index (χ2n) is 3.27. The third-order valence-electron chi connectivity index (χ3n) is 2.17. The summed E-state index contributed by atoms with van der Waals surface area (Å²) in [6.07, 6.45) is 1.51. The van der Waals surface area contributed by atoms with Gasteiger partial charge in [-0.15, -0.1) is 0 Å². The zero-order valence-corrected chi connectivity index (χ0v) is 8.91. The lowest BCUT2D eigenvalue weighted by molar-refractivity contribution is 0.101. The Balaban J connectivity index is 2.37. The van der Waals surface area contributed by atoms with Crippen LogP contribution < -0.4 is 0 Å². The van der Waals surface area contributed by atoms with Crippen LogP contribution in [0.25, 0.3) is 0 Å². The van der Waals surface area contributed by atoms with Crippen molar-refractivity contribution in [2.45, 2.75) is 6.92 Å². The maximum atomic E-state index is 11.9. The molecule has 2 rings (SSSR count). The minimum absolute atomic E-state index is 0.117. The van der Waals surface area contributed by atoms with Crippen molar-refractivity contribution in [3.63, 3.8) is 0 Å². The summed E-state index contributed by atoms with van der Waals surface area (Å²) in [4.78, 5) is 11.9. The highest BCUT2D eigenvalue weighted by molar-refractivity contribution is 6.30. The van der Waals surface area contributed by atoms with Crippen LogP contribution in [-0.4, -0.2) is 5.78 Å². The molecule has 3 heteroatoms. The summed E-state index contributed by atoms with van der Waals surface area (Å²) in [7, 11) is 0. The molecule has 0 aliphatic rings. The molecule has 76 valence electrons. The summed E-state index contributed by atoms with van der Waals surface area (Å²) >= 11 is 5.74. The van der Waals surface area contributed by atoms with Crippen molar-refractivity contribution in [1.29, 1.82) is 0 Å². The van der Waals surface area contributed by atoms with E-state index in [2.05, 4.69) is 0 Å². The van der Waals surface area contributed by atoms with E-state index in [1.807, 2.05) is 6.92 Å². The molecule has 1 heterocycles. The van der Waals surface area contributed by atoms with Gasteiger partial charge in [-0.25, -0.2) is 0 Å². The van der Waals surface area contributed by atoms with Gasteiger partial charge in [0, 0.05) is 10.6 Å². The van der Waals surface area contributed by atoms with Gasteiger partial charge in [-0.1, -0.05) is 11.6 Å². The number of hydrogen-bond acceptors (Lipinski definition) is 2. The molecule has 15 heavy (non-hydrogen) atoms. The summed E-state index contributed by atoms with van der Waals surface area (Å²) in [6.45, 7) is 1.84. The van der Waals surface area contributed by atoms with Crippen molar-refractivity contribution in [3.05, 3.63) is 58.5 Å². The standard InChI is InChI=1S/C12H9ClO2/c1-8-6-7-15-12(8)11(14)9-2-4-10(13)5-3-9/h2-7H,1H3. The van der Waals surface area contributed by atoms with Gasteiger partial charge in [-0.3, -0.25) is 4.79 Å². The summed E-state index contributed by atoms with van der Waals surface area (Å²) < 4.78 is 5.13. The molecule has 1 aromatic heterocycles. The Kier molecular flexibility index (Phi) is 2.60. The highest BCUT2D eigenvalue weighted by atomic mass is 35.5. The average Bonchev–Trinajstić information content (AvgIpc) is 2.65. The molecule has 2 aromatic rings. The fourth-order valence-electron chi connectivity index (χ4n) is 1.34. The van der Waals surface area contributed by atoms with Gasteiger partial charge in [0.05, 0.1) is 6.26 Å². The highest BCUT2D eigenvalue weighted by Crippen LogP contribution is 2.16. The van der Waals surface area contributed by atoms with Gasteiger partial charge in [-0.2, -0.15) is 0 Å². The zero-order chi connectivity index (χ0) is 10.8. The van der Waals surface area contributed by atoms with Gasteiger partial charge in [-0.05, 0) is 42.8 Å². The molecule has 0 bridgehead atoms. The summed E-state index contributed by atoms with van der Waals surface area (Å²) in [6, 6.07) is 8.52. The Morgan fingerprint density at radius 3 is 2.40 bits per heavy atom. The third kappa shape index (κ3) is 1.95. The lowest BCUT2D eigenvalue weighted by Crippen LogP contribution is -2.00. The minimum Gasteiger partial charge on any atom is -0.461 e. The van der Waals surface area contributed by atoms with Crippen LogP contribution in [0.4, 0.5) is 0 Å². The predicted molar refractivity (Wildman–Crippen MR) is 58.3 cm³/mol. The van der Waals surface area contributed by atoms with E-state index in [0.29, 0.717) is 16.3 Å². The molecule has 0 atom stereocenters. The maximum Gasteiger partial charge on any atom is 0.228 e. The van der Waals surface area contributed by atoms with Crippen LogP contribution in [0, 0.1) is 6.92 Å². The van der Waals surface area contributed by atoms with Crippen LogP contribution in [0.5, 0.6) is 0 Å². The van der Waals surface area contributed by atoms with Gasteiger partial charge >= 0.3 is 0 Å². The van der Waals surface area contributed by atoms with E-state index in [1.165, 1.54) is 6.26 Å². The number of carbonyl (C=O) groups is 1. The van der Waals surface area contributed by atoms with Gasteiger partial charge in [0.1, 0.15) is 0 Å². The Bertz CT molecular complexity index is 483. The first-order valence-corrected chi connectivity index (χ1v) is 4.90. The van der Waals surface area contributed by atoms with Crippen LogP contribution in [0.15, 0.2) is 41.0 Å². The van der Waals surface area contributed by atoms with Crippen molar-refractivity contribution in [2.24, 2.45) is 0 Å². The fourth-order valence-corrected chi connectivity index (χ4v) is 1.46. The number of halogens is 1. The second kappa shape index (κ2) is 3.91. The molecule has 2 nitrogen and oxygen atoms in total. The maximum absolute atomic E-state index is 11.9. The van der Waals surface area contributed by atoms with E-state index in [-0.39, 0.29) is 5.78 Å². The van der Waals surface area contributed by atoms with Gasteiger partial charge < -0.3 is 4.42 Å². The Labute approximate surface area is 92.5 Å². The van der Waals surface area contributed by atoms with Crippen LogP contribution in [-0.2, 0) is 0 Å². The fraction of sp³-hybridized carbons (Fsp3) is 0.0833. The summed E-state index contributed by atoms with van der Waals surface area (Å²) in [5.74, 6) is 0.270. The van der Waals surface area contributed by atoms with Crippen molar-refractivity contribution in [3.8, 4) is 0 Å². The molecular weight excluding hydrogens is 212 g/mol. The van der Waals surface area contributed by atoms with Crippen molar-refractivity contribution < 1.29 is 9.21 Å². The molecule has 0 N–H and O–H groups in total.